The van der Waals surface area contributed by atoms with Crippen LogP contribution in [0, 0.1) is 0 Å². The highest BCUT2D eigenvalue weighted by Crippen LogP contribution is 2.47. The molecule has 1 aliphatic heterocycles. The summed E-state index contributed by atoms with van der Waals surface area (Å²) in [5, 5.41) is 0. The predicted octanol–water partition coefficient (Wildman–Crippen LogP) is 2.71. The molecule has 0 atom stereocenters. The van der Waals surface area contributed by atoms with Crippen LogP contribution in [0.3, 0.4) is 0 Å². The zero-order valence-corrected chi connectivity index (χ0v) is 10.4. The normalized spacial score (nSPS) is 20.1. The van der Waals surface area contributed by atoms with Crippen molar-refractivity contribution in [1.29, 1.82) is 0 Å². The Balaban J connectivity index is 2.38. The highest BCUT2D eigenvalue weighted by atomic mass is 35.7. The van der Waals surface area contributed by atoms with E-state index in [1.807, 2.05) is 0 Å². The maximum atomic E-state index is 12.9. The van der Waals surface area contributed by atoms with Crippen molar-refractivity contribution in [2.75, 3.05) is 0 Å². The second-order valence-corrected chi connectivity index (χ2v) is 6.48. The largest absolute Gasteiger partial charge is 0.507 e. The highest BCUT2D eigenvalue weighted by molar-refractivity contribution is 8.13. The van der Waals surface area contributed by atoms with Gasteiger partial charge in [0.25, 0.3) is 0 Å². The van der Waals surface area contributed by atoms with Crippen molar-refractivity contribution in [3.63, 3.8) is 0 Å². The molecular weight excluding hydrogens is 316 g/mol. The van der Waals surface area contributed by atoms with Gasteiger partial charge in [0.2, 0.25) is 9.05 Å². The third-order valence-electron chi connectivity index (χ3n) is 2.16. The first kappa shape index (κ1) is 14.2. The molecule has 1 aromatic carbocycles. The van der Waals surface area contributed by atoms with Gasteiger partial charge in [-0.1, -0.05) is 6.07 Å². The molecule has 0 fully saturated rings. The molecule has 4 nitrogen and oxygen atoms in total. The second-order valence-electron chi connectivity index (χ2n) is 3.70. The van der Waals surface area contributed by atoms with Gasteiger partial charge in [-0.05, 0) is 17.7 Å². The Bertz CT molecular complexity index is 617. The summed E-state index contributed by atoms with van der Waals surface area (Å²) in [5.74, 6) is -1.96. The highest BCUT2D eigenvalue weighted by Gasteiger charge is 2.65. The number of halogens is 5. The van der Waals surface area contributed by atoms with Crippen molar-refractivity contribution < 1.29 is 35.5 Å². The fourth-order valence-corrected chi connectivity index (χ4v) is 2.36. The summed E-state index contributed by atoms with van der Waals surface area (Å²) in [6, 6.07) is 2.84. The zero-order chi connectivity index (χ0) is 14.5. The topological polar surface area (TPSA) is 52.6 Å². The molecule has 1 aliphatic rings. The molecule has 2 rings (SSSR count). The molecular formula is C9H5ClF4O4S. The quantitative estimate of drug-likeness (QED) is 0.621. The van der Waals surface area contributed by atoms with Crippen molar-refractivity contribution in [3.05, 3.63) is 23.8 Å². The van der Waals surface area contributed by atoms with Crippen molar-refractivity contribution in [2.24, 2.45) is 0 Å². The van der Waals surface area contributed by atoms with Crippen LogP contribution >= 0.6 is 10.7 Å². The van der Waals surface area contributed by atoms with Gasteiger partial charge in [0.1, 0.15) is 0 Å². The van der Waals surface area contributed by atoms with Gasteiger partial charge < -0.3 is 9.47 Å². The fraction of sp³-hybridized carbons (Fsp3) is 0.333. The molecule has 0 amide bonds. The van der Waals surface area contributed by atoms with Crippen LogP contribution in [0.5, 0.6) is 11.5 Å². The van der Waals surface area contributed by atoms with E-state index < -0.39 is 38.5 Å². The number of rotatable bonds is 2. The summed E-state index contributed by atoms with van der Waals surface area (Å²) in [7, 11) is 1.07. The summed E-state index contributed by atoms with van der Waals surface area (Å²) in [6.45, 7) is 0. The summed E-state index contributed by atoms with van der Waals surface area (Å²) in [6.07, 6.45) is -9.65. The van der Waals surface area contributed by atoms with Crippen molar-refractivity contribution >= 4 is 19.7 Å². The number of benzene rings is 1. The molecule has 1 heterocycles. The van der Waals surface area contributed by atoms with Crippen LogP contribution in [-0.2, 0) is 14.8 Å². The maximum Gasteiger partial charge on any atom is 0.507 e. The van der Waals surface area contributed by atoms with E-state index >= 15 is 0 Å². The van der Waals surface area contributed by atoms with Crippen LogP contribution in [0.4, 0.5) is 17.6 Å². The molecule has 1 aromatic rings. The predicted molar refractivity (Wildman–Crippen MR) is 56.1 cm³/mol. The van der Waals surface area contributed by atoms with Gasteiger partial charge >= 0.3 is 12.2 Å². The SMILES string of the molecule is O=S(=O)(Cl)Cc1ccc2c(c1)OC(F)(F)C(F)(F)O2. The molecule has 0 unspecified atom stereocenters. The third kappa shape index (κ3) is 2.86. The number of ether oxygens (including phenoxy) is 2. The van der Waals surface area contributed by atoms with Crippen LogP contribution in [0.2, 0.25) is 0 Å². The van der Waals surface area contributed by atoms with Gasteiger partial charge in [-0.25, -0.2) is 8.42 Å². The third-order valence-corrected chi connectivity index (χ3v) is 3.17. The minimum Gasteiger partial charge on any atom is -0.421 e. The first-order chi connectivity index (χ1) is 8.50. The van der Waals surface area contributed by atoms with Crippen LogP contribution < -0.4 is 9.47 Å². The lowest BCUT2D eigenvalue weighted by Crippen LogP contribution is -2.52. The molecule has 0 aromatic heterocycles. The van der Waals surface area contributed by atoms with Crippen LogP contribution in [0.25, 0.3) is 0 Å². The van der Waals surface area contributed by atoms with E-state index in [9.17, 15) is 26.0 Å². The molecule has 0 saturated heterocycles. The van der Waals surface area contributed by atoms with Gasteiger partial charge in [0.15, 0.2) is 11.5 Å². The summed E-state index contributed by atoms with van der Waals surface area (Å²) in [4.78, 5) is 0. The Morgan fingerprint density at radius 3 is 2.11 bits per heavy atom. The minimum absolute atomic E-state index is 0.00151. The molecule has 0 N–H and O–H groups in total. The molecule has 106 valence electrons. The lowest BCUT2D eigenvalue weighted by molar-refractivity contribution is -0.391. The van der Waals surface area contributed by atoms with Gasteiger partial charge in [-0.2, -0.15) is 17.6 Å². The van der Waals surface area contributed by atoms with Crippen molar-refractivity contribution in [3.8, 4) is 11.5 Å². The minimum atomic E-state index is -4.85. The Morgan fingerprint density at radius 2 is 1.58 bits per heavy atom. The van der Waals surface area contributed by atoms with E-state index in [0.717, 1.165) is 18.2 Å². The molecule has 0 radical (unpaired) electrons. The van der Waals surface area contributed by atoms with E-state index in [4.69, 9.17) is 10.7 Å². The summed E-state index contributed by atoms with van der Waals surface area (Å²) < 4.78 is 80.7. The van der Waals surface area contributed by atoms with Crippen LogP contribution in [-0.4, -0.2) is 20.6 Å². The Hall–Kier alpha value is -1.22. The van der Waals surface area contributed by atoms with Crippen LogP contribution in [0.1, 0.15) is 5.56 Å². The van der Waals surface area contributed by atoms with E-state index in [1.54, 1.807) is 0 Å². The first-order valence-electron chi connectivity index (χ1n) is 4.69. The molecule has 0 spiro atoms. The molecule has 0 aliphatic carbocycles. The second kappa shape index (κ2) is 4.14. The van der Waals surface area contributed by atoms with E-state index in [2.05, 4.69) is 9.47 Å². The molecule has 10 heteroatoms. The van der Waals surface area contributed by atoms with E-state index in [-0.39, 0.29) is 5.56 Å². The van der Waals surface area contributed by atoms with Gasteiger partial charge in [-0.15, -0.1) is 0 Å². The Kier molecular flexibility index (Phi) is 3.09. The monoisotopic (exact) mass is 320 g/mol. The van der Waals surface area contributed by atoms with Gasteiger partial charge in [0.05, 0.1) is 5.75 Å². The van der Waals surface area contributed by atoms with E-state index in [0.29, 0.717) is 0 Å². The Labute approximate surface area is 109 Å². The van der Waals surface area contributed by atoms with E-state index in [1.165, 1.54) is 0 Å². The number of hydrogen-bond donors (Lipinski definition) is 0. The lowest BCUT2D eigenvalue weighted by atomic mass is 10.2. The smallest absolute Gasteiger partial charge is 0.421 e. The summed E-state index contributed by atoms with van der Waals surface area (Å²) in [5.41, 5.74) is -0.00151. The van der Waals surface area contributed by atoms with Crippen LogP contribution in [0.15, 0.2) is 18.2 Å². The summed E-state index contributed by atoms with van der Waals surface area (Å²) >= 11 is 0. The Morgan fingerprint density at radius 1 is 1.05 bits per heavy atom. The van der Waals surface area contributed by atoms with Crippen molar-refractivity contribution in [2.45, 2.75) is 18.0 Å². The average Bonchev–Trinajstić information content (AvgIpc) is 2.17. The number of hydrogen-bond acceptors (Lipinski definition) is 4. The maximum absolute atomic E-state index is 12.9. The molecule has 19 heavy (non-hydrogen) atoms. The zero-order valence-electron chi connectivity index (χ0n) is 8.87. The number of fused-ring (bicyclic) bond motifs is 1. The van der Waals surface area contributed by atoms with Crippen molar-refractivity contribution in [1.82, 2.24) is 0 Å². The van der Waals surface area contributed by atoms with Gasteiger partial charge in [0, 0.05) is 10.7 Å². The van der Waals surface area contributed by atoms with Gasteiger partial charge in [-0.3, -0.25) is 0 Å². The molecule has 0 bridgehead atoms. The number of alkyl halides is 4. The fourth-order valence-electron chi connectivity index (χ4n) is 1.40. The lowest BCUT2D eigenvalue weighted by Gasteiger charge is -2.31. The average molecular weight is 321 g/mol. The standard InChI is InChI=1S/C9H5ClF4O4S/c10-19(15,16)4-5-1-2-6-7(3-5)18-9(13,14)8(11,12)17-6/h1-3H,4H2. The first-order valence-corrected chi connectivity index (χ1v) is 7.17. The molecule has 0 saturated carbocycles.